The number of amides is 1. The van der Waals surface area contributed by atoms with Crippen LogP contribution in [0.25, 0.3) is 0 Å². The van der Waals surface area contributed by atoms with E-state index in [1.807, 2.05) is 18.2 Å². The number of methoxy groups -OCH3 is 1. The number of fused-ring (bicyclic) bond motifs is 1. The van der Waals surface area contributed by atoms with Crippen LogP contribution in [0, 0.1) is 0 Å². The Balaban J connectivity index is 1.31. The third kappa shape index (κ3) is 5.46. The fourth-order valence-electron chi connectivity index (χ4n) is 4.34. The number of halogens is 2. The second-order valence-corrected chi connectivity index (χ2v) is 10.2. The summed E-state index contributed by atoms with van der Waals surface area (Å²) in [4.78, 5) is 30.8. The number of benzene rings is 1. The number of aryl methyl sites for hydroxylation is 1. The van der Waals surface area contributed by atoms with Gasteiger partial charge in [-0.15, -0.1) is 11.3 Å². The molecule has 1 saturated heterocycles. The number of carbonyl (C=O) groups is 2. The lowest BCUT2D eigenvalue weighted by Gasteiger charge is -2.34. The molecule has 1 amide bonds. The van der Waals surface area contributed by atoms with E-state index in [1.54, 1.807) is 0 Å². The fourth-order valence-corrected chi connectivity index (χ4v) is 5.96. The topological polar surface area (TPSA) is 61.9 Å². The third-order valence-electron chi connectivity index (χ3n) is 6.04. The summed E-state index contributed by atoms with van der Waals surface area (Å²) in [6.07, 6.45) is 4.01. The molecule has 0 unspecified atom stereocenters. The molecule has 0 radical (unpaired) electrons. The Morgan fingerprint density at radius 3 is 2.50 bits per heavy atom. The van der Waals surface area contributed by atoms with E-state index in [2.05, 4.69) is 15.1 Å². The van der Waals surface area contributed by atoms with Gasteiger partial charge in [0.1, 0.15) is 5.00 Å². The van der Waals surface area contributed by atoms with Crippen molar-refractivity contribution in [2.24, 2.45) is 0 Å². The first-order valence-electron chi connectivity index (χ1n) is 10.9. The van der Waals surface area contributed by atoms with Gasteiger partial charge in [0.15, 0.2) is 0 Å². The standard InChI is InChI=1S/C23H27Cl2N3O3S/c1-31-23(30)21-16-4-2-3-5-19(16)32-22(21)26-20(29)14-28-10-8-27(9-11-28)13-15-6-7-17(24)18(25)12-15/h6-7,12H,2-5,8-11,13-14H2,1H3,(H,26,29). The molecule has 4 rings (SSSR count). The van der Waals surface area contributed by atoms with Gasteiger partial charge in [-0.05, 0) is 48.9 Å². The summed E-state index contributed by atoms with van der Waals surface area (Å²) in [7, 11) is 1.39. The Morgan fingerprint density at radius 2 is 1.78 bits per heavy atom. The van der Waals surface area contributed by atoms with Crippen LogP contribution >= 0.6 is 34.5 Å². The van der Waals surface area contributed by atoms with Crippen molar-refractivity contribution in [3.05, 3.63) is 49.8 Å². The van der Waals surface area contributed by atoms with Gasteiger partial charge in [-0.3, -0.25) is 14.6 Å². The van der Waals surface area contributed by atoms with Crippen LogP contribution in [0.2, 0.25) is 10.0 Å². The van der Waals surface area contributed by atoms with Crippen LogP contribution in [0.15, 0.2) is 18.2 Å². The highest BCUT2D eigenvalue weighted by molar-refractivity contribution is 7.17. The molecule has 1 aliphatic heterocycles. The fraction of sp³-hybridized carbons (Fsp3) is 0.478. The predicted molar refractivity (Wildman–Crippen MR) is 129 cm³/mol. The van der Waals surface area contributed by atoms with Gasteiger partial charge in [0.05, 0.1) is 29.3 Å². The molecular formula is C23H27Cl2N3O3S. The van der Waals surface area contributed by atoms with Gasteiger partial charge < -0.3 is 10.1 Å². The number of ether oxygens (including phenoxy) is 1. The van der Waals surface area contributed by atoms with Crippen molar-refractivity contribution in [3.8, 4) is 0 Å². The van der Waals surface area contributed by atoms with E-state index in [4.69, 9.17) is 27.9 Å². The number of thiophene rings is 1. The number of esters is 1. The Kier molecular flexibility index (Phi) is 7.74. The minimum absolute atomic E-state index is 0.0910. The van der Waals surface area contributed by atoms with Gasteiger partial charge in [-0.1, -0.05) is 29.3 Å². The summed E-state index contributed by atoms with van der Waals surface area (Å²) < 4.78 is 4.99. The van der Waals surface area contributed by atoms with Gasteiger partial charge >= 0.3 is 5.97 Å². The molecule has 32 heavy (non-hydrogen) atoms. The Hall–Kier alpha value is -1.64. The summed E-state index contributed by atoms with van der Waals surface area (Å²) in [5, 5.41) is 4.75. The van der Waals surface area contributed by atoms with Crippen LogP contribution in [0.5, 0.6) is 0 Å². The molecule has 1 aromatic carbocycles. The SMILES string of the molecule is COC(=O)c1c(NC(=O)CN2CCN(Cc3ccc(Cl)c(Cl)c3)CC2)sc2c1CCCC2. The van der Waals surface area contributed by atoms with Crippen molar-refractivity contribution in [2.45, 2.75) is 32.2 Å². The summed E-state index contributed by atoms with van der Waals surface area (Å²) >= 11 is 13.6. The molecule has 0 atom stereocenters. The number of hydrogen-bond acceptors (Lipinski definition) is 6. The van der Waals surface area contributed by atoms with Gasteiger partial charge in [-0.2, -0.15) is 0 Å². The van der Waals surface area contributed by atoms with Gasteiger partial charge in [-0.25, -0.2) is 4.79 Å². The summed E-state index contributed by atoms with van der Waals surface area (Å²) in [6.45, 7) is 4.46. The number of nitrogens with zero attached hydrogens (tertiary/aromatic N) is 2. The summed E-state index contributed by atoms with van der Waals surface area (Å²) in [5.41, 5.74) is 2.73. The Morgan fingerprint density at radius 1 is 1.06 bits per heavy atom. The molecule has 1 aliphatic carbocycles. The molecule has 0 saturated carbocycles. The zero-order valence-electron chi connectivity index (χ0n) is 18.1. The van der Waals surface area contributed by atoms with E-state index in [-0.39, 0.29) is 11.9 Å². The summed E-state index contributed by atoms with van der Waals surface area (Å²) in [5.74, 6) is -0.456. The molecule has 172 valence electrons. The van der Waals surface area contributed by atoms with Crippen LogP contribution < -0.4 is 5.32 Å². The predicted octanol–water partition coefficient (Wildman–Crippen LogP) is 4.48. The Labute approximate surface area is 202 Å². The average Bonchev–Trinajstić information content (AvgIpc) is 3.14. The third-order valence-corrected chi connectivity index (χ3v) is 7.98. The Bertz CT molecular complexity index is 1000. The molecule has 2 aromatic rings. The van der Waals surface area contributed by atoms with E-state index in [0.29, 0.717) is 27.2 Å². The van der Waals surface area contributed by atoms with Gasteiger partial charge in [0.25, 0.3) is 0 Å². The van der Waals surface area contributed by atoms with Gasteiger partial charge in [0.2, 0.25) is 5.91 Å². The van der Waals surface area contributed by atoms with E-state index in [1.165, 1.54) is 23.3 Å². The maximum absolute atomic E-state index is 12.8. The molecule has 0 spiro atoms. The lowest BCUT2D eigenvalue weighted by Crippen LogP contribution is -2.48. The lowest BCUT2D eigenvalue weighted by molar-refractivity contribution is -0.117. The van der Waals surface area contributed by atoms with Crippen molar-refractivity contribution in [3.63, 3.8) is 0 Å². The minimum Gasteiger partial charge on any atom is -0.465 e. The van der Waals surface area contributed by atoms with Crippen molar-refractivity contribution in [2.75, 3.05) is 45.2 Å². The normalized spacial score (nSPS) is 17.1. The van der Waals surface area contributed by atoms with Crippen LogP contribution in [-0.4, -0.2) is 61.5 Å². The number of nitrogens with one attached hydrogen (secondary N) is 1. The number of hydrogen-bond donors (Lipinski definition) is 1. The van der Waals surface area contributed by atoms with Crippen molar-refractivity contribution in [1.29, 1.82) is 0 Å². The maximum Gasteiger partial charge on any atom is 0.341 e. The lowest BCUT2D eigenvalue weighted by atomic mass is 9.95. The average molecular weight is 496 g/mol. The number of rotatable bonds is 6. The van der Waals surface area contributed by atoms with Crippen molar-refractivity contribution in [1.82, 2.24) is 9.80 Å². The minimum atomic E-state index is -0.365. The number of carbonyl (C=O) groups excluding carboxylic acids is 2. The molecule has 1 fully saturated rings. The highest BCUT2D eigenvalue weighted by Gasteiger charge is 2.27. The first-order valence-corrected chi connectivity index (χ1v) is 12.4. The van der Waals surface area contributed by atoms with Crippen LogP contribution in [0.3, 0.4) is 0 Å². The second kappa shape index (κ2) is 10.5. The first-order chi connectivity index (χ1) is 15.4. The molecule has 0 bridgehead atoms. The highest BCUT2D eigenvalue weighted by Crippen LogP contribution is 2.38. The molecule has 6 nitrogen and oxygen atoms in total. The molecule has 9 heteroatoms. The zero-order valence-corrected chi connectivity index (χ0v) is 20.4. The van der Waals surface area contributed by atoms with Crippen LogP contribution in [-0.2, 0) is 28.9 Å². The number of anilines is 1. The van der Waals surface area contributed by atoms with E-state index >= 15 is 0 Å². The second-order valence-electron chi connectivity index (χ2n) is 8.26. The van der Waals surface area contributed by atoms with Crippen LogP contribution in [0.1, 0.15) is 39.2 Å². The monoisotopic (exact) mass is 495 g/mol. The molecule has 2 heterocycles. The molecular weight excluding hydrogens is 469 g/mol. The van der Waals surface area contributed by atoms with Crippen molar-refractivity contribution >= 4 is 51.4 Å². The van der Waals surface area contributed by atoms with Gasteiger partial charge in [0, 0.05) is 37.6 Å². The maximum atomic E-state index is 12.8. The van der Waals surface area contributed by atoms with E-state index in [0.717, 1.165) is 69.5 Å². The van der Waals surface area contributed by atoms with Crippen molar-refractivity contribution < 1.29 is 14.3 Å². The van der Waals surface area contributed by atoms with Crippen LogP contribution in [0.4, 0.5) is 5.00 Å². The first kappa shape index (κ1) is 23.5. The van der Waals surface area contributed by atoms with E-state index in [9.17, 15) is 9.59 Å². The largest absolute Gasteiger partial charge is 0.465 e. The summed E-state index contributed by atoms with van der Waals surface area (Å²) in [6, 6.07) is 5.72. The smallest absolute Gasteiger partial charge is 0.341 e. The molecule has 1 N–H and O–H groups in total. The number of piperazine rings is 1. The quantitative estimate of drug-likeness (QED) is 0.598. The van der Waals surface area contributed by atoms with E-state index < -0.39 is 0 Å². The molecule has 2 aliphatic rings. The zero-order chi connectivity index (χ0) is 22.7. The highest BCUT2D eigenvalue weighted by atomic mass is 35.5. The molecule has 1 aromatic heterocycles.